The lowest BCUT2D eigenvalue weighted by atomic mass is 9.99. The lowest BCUT2D eigenvalue weighted by Gasteiger charge is -2.20. The van der Waals surface area contributed by atoms with Crippen LogP contribution in [0.25, 0.3) is 0 Å². The zero-order valence-electron chi connectivity index (χ0n) is 8.68. The van der Waals surface area contributed by atoms with Crippen LogP contribution in [0.3, 0.4) is 0 Å². The highest BCUT2D eigenvalue weighted by Gasteiger charge is 2.20. The van der Waals surface area contributed by atoms with E-state index in [9.17, 15) is 4.79 Å². The monoisotopic (exact) mass is 223 g/mol. The second-order valence-corrected chi connectivity index (χ2v) is 3.53. The van der Waals surface area contributed by atoms with Crippen molar-refractivity contribution in [1.29, 1.82) is 0 Å². The molecule has 0 radical (unpaired) electrons. The molecule has 1 heterocycles. The van der Waals surface area contributed by atoms with Gasteiger partial charge in [0.05, 0.1) is 5.92 Å². The Morgan fingerprint density at radius 1 is 1.38 bits per heavy atom. The standard InChI is InChI=1S/C11H13NO4/c12-6-8(11(13)14)7-1-2-9-10(5-7)16-4-3-15-9/h1-2,5,8H,3-4,6,12H2,(H,13,14). The van der Waals surface area contributed by atoms with Crippen LogP contribution in [0.15, 0.2) is 18.2 Å². The summed E-state index contributed by atoms with van der Waals surface area (Å²) in [6.07, 6.45) is 0. The number of hydrogen-bond acceptors (Lipinski definition) is 4. The fourth-order valence-electron chi connectivity index (χ4n) is 1.66. The molecule has 1 aliphatic rings. The minimum absolute atomic E-state index is 0.0645. The number of rotatable bonds is 3. The topological polar surface area (TPSA) is 81.8 Å². The minimum atomic E-state index is -0.931. The average molecular weight is 223 g/mol. The molecule has 1 aromatic carbocycles. The average Bonchev–Trinajstić information content (AvgIpc) is 2.29. The van der Waals surface area contributed by atoms with Crippen molar-refractivity contribution in [3.05, 3.63) is 23.8 Å². The molecule has 1 aliphatic heterocycles. The summed E-state index contributed by atoms with van der Waals surface area (Å²) in [7, 11) is 0. The van der Waals surface area contributed by atoms with Gasteiger partial charge < -0.3 is 20.3 Å². The summed E-state index contributed by atoms with van der Waals surface area (Å²) in [6, 6.07) is 5.11. The van der Waals surface area contributed by atoms with E-state index in [0.29, 0.717) is 30.3 Å². The SMILES string of the molecule is NCC(C(=O)O)c1ccc2c(c1)OCCO2. The molecule has 5 nitrogen and oxygen atoms in total. The molecule has 3 N–H and O–H groups in total. The van der Waals surface area contributed by atoms with Gasteiger partial charge in [-0.2, -0.15) is 0 Å². The molecule has 1 atom stereocenters. The third-order valence-electron chi connectivity index (χ3n) is 2.50. The van der Waals surface area contributed by atoms with Gasteiger partial charge in [0.2, 0.25) is 0 Å². The number of ether oxygens (including phenoxy) is 2. The molecule has 1 unspecified atom stereocenters. The van der Waals surface area contributed by atoms with Gasteiger partial charge in [-0.15, -0.1) is 0 Å². The normalized spacial score (nSPS) is 15.6. The predicted molar refractivity (Wildman–Crippen MR) is 56.9 cm³/mol. The Morgan fingerprint density at radius 2 is 2.06 bits per heavy atom. The van der Waals surface area contributed by atoms with E-state index in [0.717, 1.165) is 0 Å². The van der Waals surface area contributed by atoms with Gasteiger partial charge in [-0.25, -0.2) is 0 Å². The van der Waals surface area contributed by atoms with Gasteiger partial charge in [-0.3, -0.25) is 4.79 Å². The molecule has 0 saturated carbocycles. The molecule has 5 heteroatoms. The third kappa shape index (κ3) is 1.94. The van der Waals surface area contributed by atoms with E-state index in [1.165, 1.54) is 0 Å². The zero-order valence-corrected chi connectivity index (χ0v) is 8.68. The molecule has 0 amide bonds. The molecular weight excluding hydrogens is 210 g/mol. The molecule has 86 valence electrons. The van der Waals surface area contributed by atoms with Gasteiger partial charge in [0.15, 0.2) is 11.5 Å². The van der Waals surface area contributed by atoms with Crippen molar-refractivity contribution in [1.82, 2.24) is 0 Å². The van der Waals surface area contributed by atoms with E-state index >= 15 is 0 Å². The van der Waals surface area contributed by atoms with Crippen LogP contribution < -0.4 is 15.2 Å². The first kappa shape index (κ1) is 10.8. The number of hydrogen-bond donors (Lipinski definition) is 2. The summed E-state index contributed by atoms with van der Waals surface area (Å²) in [5, 5.41) is 8.98. The van der Waals surface area contributed by atoms with Gasteiger partial charge in [0.25, 0.3) is 0 Å². The Kier molecular flexibility index (Phi) is 2.96. The van der Waals surface area contributed by atoms with Crippen molar-refractivity contribution in [2.75, 3.05) is 19.8 Å². The summed E-state index contributed by atoms with van der Waals surface area (Å²) in [6.45, 7) is 1.07. The molecular formula is C11H13NO4. The number of nitrogens with two attached hydrogens (primary N) is 1. The van der Waals surface area contributed by atoms with Crippen LogP contribution in [0.1, 0.15) is 11.5 Å². The number of carboxylic acid groups (broad SMARTS) is 1. The minimum Gasteiger partial charge on any atom is -0.486 e. The number of aliphatic carboxylic acids is 1. The van der Waals surface area contributed by atoms with E-state index in [2.05, 4.69) is 0 Å². The quantitative estimate of drug-likeness (QED) is 0.783. The lowest BCUT2D eigenvalue weighted by Crippen LogP contribution is -2.22. The first-order chi connectivity index (χ1) is 7.72. The highest BCUT2D eigenvalue weighted by atomic mass is 16.6. The van der Waals surface area contributed by atoms with Crippen LogP contribution in [-0.4, -0.2) is 30.8 Å². The highest BCUT2D eigenvalue weighted by Crippen LogP contribution is 2.32. The maximum atomic E-state index is 10.9. The van der Waals surface area contributed by atoms with Crippen molar-refractivity contribution >= 4 is 5.97 Å². The second kappa shape index (κ2) is 4.40. The van der Waals surface area contributed by atoms with Crippen molar-refractivity contribution < 1.29 is 19.4 Å². The molecule has 0 fully saturated rings. The Bertz CT molecular complexity index is 405. The van der Waals surface area contributed by atoms with E-state index in [-0.39, 0.29) is 6.54 Å². The molecule has 0 bridgehead atoms. The second-order valence-electron chi connectivity index (χ2n) is 3.53. The molecule has 1 aromatic rings. The molecule has 16 heavy (non-hydrogen) atoms. The molecule has 0 aliphatic carbocycles. The predicted octanol–water partition coefficient (Wildman–Crippen LogP) is 0.585. The van der Waals surface area contributed by atoms with Crippen LogP contribution in [0.2, 0.25) is 0 Å². The Balaban J connectivity index is 2.32. The largest absolute Gasteiger partial charge is 0.486 e. The fraction of sp³-hybridized carbons (Fsp3) is 0.364. The molecule has 0 saturated heterocycles. The number of benzene rings is 1. The van der Waals surface area contributed by atoms with Crippen LogP contribution in [0.5, 0.6) is 11.5 Å². The molecule has 0 aromatic heterocycles. The van der Waals surface area contributed by atoms with E-state index in [1.54, 1.807) is 18.2 Å². The Morgan fingerprint density at radius 3 is 2.69 bits per heavy atom. The Hall–Kier alpha value is -1.75. The zero-order chi connectivity index (χ0) is 11.5. The summed E-state index contributed by atoms with van der Waals surface area (Å²) in [5.74, 6) is -0.394. The van der Waals surface area contributed by atoms with Crippen LogP contribution in [-0.2, 0) is 4.79 Å². The maximum Gasteiger partial charge on any atom is 0.312 e. The number of carboxylic acids is 1. The smallest absolute Gasteiger partial charge is 0.312 e. The van der Waals surface area contributed by atoms with Gasteiger partial charge in [0.1, 0.15) is 13.2 Å². The number of carbonyl (C=O) groups is 1. The van der Waals surface area contributed by atoms with Crippen molar-refractivity contribution in [3.63, 3.8) is 0 Å². The first-order valence-corrected chi connectivity index (χ1v) is 5.05. The summed E-state index contributed by atoms with van der Waals surface area (Å²) in [4.78, 5) is 10.9. The van der Waals surface area contributed by atoms with Crippen LogP contribution >= 0.6 is 0 Å². The van der Waals surface area contributed by atoms with E-state index < -0.39 is 11.9 Å². The van der Waals surface area contributed by atoms with Gasteiger partial charge in [0, 0.05) is 6.54 Å². The van der Waals surface area contributed by atoms with Gasteiger partial charge in [-0.05, 0) is 17.7 Å². The highest BCUT2D eigenvalue weighted by molar-refractivity contribution is 5.76. The summed E-state index contributed by atoms with van der Waals surface area (Å²) >= 11 is 0. The molecule has 2 rings (SSSR count). The van der Waals surface area contributed by atoms with Crippen LogP contribution in [0.4, 0.5) is 0 Å². The fourth-order valence-corrected chi connectivity index (χ4v) is 1.66. The van der Waals surface area contributed by atoms with Crippen molar-refractivity contribution in [3.8, 4) is 11.5 Å². The van der Waals surface area contributed by atoms with Gasteiger partial charge in [-0.1, -0.05) is 6.07 Å². The van der Waals surface area contributed by atoms with E-state index in [1.807, 2.05) is 0 Å². The Labute approximate surface area is 92.8 Å². The maximum absolute atomic E-state index is 10.9. The first-order valence-electron chi connectivity index (χ1n) is 5.05. The number of fused-ring (bicyclic) bond motifs is 1. The third-order valence-corrected chi connectivity index (χ3v) is 2.50. The lowest BCUT2D eigenvalue weighted by molar-refractivity contribution is -0.138. The molecule has 0 spiro atoms. The van der Waals surface area contributed by atoms with E-state index in [4.69, 9.17) is 20.3 Å². The van der Waals surface area contributed by atoms with Crippen molar-refractivity contribution in [2.24, 2.45) is 5.73 Å². The summed E-state index contributed by atoms with van der Waals surface area (Å²) < 4.78 is 10.7. The van der Waals surface area contributed by atoms with Crippen LogP contribution in [0, 0.1) is 0 Å². The van der Waals surface area contributed by atoms with Gasteiger partial charge >= 0.3 is 5.97 Å². The van der Waals surface area contributed by atoms with Crippen molar-refractivity contribution in [2.45, 2.75) is 5.92 Å². The summed E-state index contributed by atoms with van der Waals surface area (Å²) in [5.41, 5.74) is 6.07.